The molecule has 0 aliphatic carbocycles. The summed E-state index contributed by atoms with van der Waals surface area (Å²) >= 11 is 0. The van der Waals surface area contributed by atoms with Gasteiger partial charge in [0.2, 0.25) is 5.95 Å². The molecule has 0 saturated carbocycles. The van der Waals surface area contributed by atoms with Crippen LogP contribution in [0.25, 0.3) is 0 Å². The summed E-state index contributed by atoms with van der Waals surface area (Å²) < 4.78 is 18.6. The number of hydrogen-bond acceptors (Lipinski definition) is 5. The minimum atomic E-state index is -0.420. The van der Waals surface area contributed by atoms with Gasteiger partial charge in [0.15, 0.2) is 5.82 Å². The normalized spacial score (nSPS) is 31.7. The topological polar surface area (TPSA) is 59.1 Å². The third kappa shape index (κ3) is 2.44. The number of rotatable bonds is 2. The molecule has 2 fully saturated rings. The Hall–Kier alpha value is -1.27. The average molecular weight is 252 g/mol. The molecule has 2 saturated heterocycles. The Morgan fingerprint density at radius 3 is 3.00 bits per heavy atom. The third-order valence-corrected chi connectivity index (χ3v) is 3.60. The van der Waals surface area contributed by atoms with Gasteiger partial charge in [-0.15, -0.1) is 0 Å². The molecule has 1 aromatic heterocycles. The maximum absolute atomic E-state index is 12.7. The molecule has 2 N–H and O–H groups in total. The summed E-state index contributed by atoms with van der Waals surface area (Å²) in [5.41, 5.74) is -0.0318. The van der Waals surface area contributed by atoms with Crippen LogP contribution in [0.2, 0.25) is 0 Å². The number of ether oxygens (including phenoxy) is 1. The number of aromatic nitrogens is 2. The Labute approximate surface area is 105 Å². The predicted octanol–water partition coefficient (Wildman–Crippen LogP) is 0.939. The van der Waals surface area contributed by atoms with Crippen molar-refractivity contribution in [1.29, 1.82) is 0 Å². The zero-order valence-corrected chi connectivity index (χ0v) is 10.2. The first-order valence-corrected chi connectivity index (χ1v) is 6.35. The van der Waals surface area contributed by atoms with Crippen LogP contribution >= 0.6 is 0 Å². The minimum Gasteiger partial charge on any atom is -0.371 e. The largest absolute Gasteiger partial charge is 0.371 e. The fourth-order valence-electron chi connectivity index (χ4n) is 2.74. The first kappa shape index (κ1) is 11.8. The van der Waals surface area contributed by atoms with Crippen LogP contribution in [-0.4, -0.2) is 41.3 Å². The summed E-state index contributed by atoms with van der Waals surface area (Å²) in [7, 11) is 0. The predicted molar refractivity (Wildman–Crippen MR) is 64.8 cm³/mol. The van der Waals surface area contributed by atoms with Gasteiger partial charge in [-0.05, 0) is 19.4 Å². The van der Waals surface area contributed by atoms with E-state index in [4.69, 9.17) is 4.74 Å². The maximum Gasteiger partial charge on any atom is 0.223 e. The summed E-state index contributed by atoms with van der Waals surface area (Å²) in [6.45, 7) is 2.64. The van der Waals surface area contributed by atoms with Crippen molar-refractivity contribution in [3.8, 4) is 0 Å². The molecular weight excluding hydrogens is 235 g/mol. The first-order valence-electron chi connectivity index (χ1n) is 6.35. The summed E-state index contributed by atoms with van der Waals surface area (Å²) in [6.07, 6.45) is 5.54. The summed E-state index contributed by atoms with van der Waals surface area (Å²) in [5, 5.41) is 6.57. The zero-order chi connectivity index (χ0) is 12.4. The van der Waals surface area contributed by atoms with Crippen molar-refractivity contribution < 1.29 is 9.13 Å². The molecule has 0 unspecified atom stereocenters. The second-order valence-corrected chi connectivity index (χ2v) is 5.04. The molecule has 0 amide bonds. The van der Waals surface area contributed by atoms with Crippen LogP contribution in [0.4, 0.5) is 10.3 Å². The quantitative estimate of drug-likeness (QED) is 0.820. The van der Waals surface area contributed by atoms with Crippen LogP contribution in [0.15, 0.2) is 12.4 Å². The van der Waals surface area contributed by atoms with Crippen molar-refractivity contribution in [2.75, 3.05) is 25.0 Å². The zero-order valence-electron chi connectivity index (χ0n) is 10.2. The van der Waals surface area contributed by atoms with Crippen molar-refractivity contribution in [2.24, 2.45) is 0 Å². The summed E-state index contributed by atoms with van der Waals surface area (Å²) in [5.74, 6) is 0.0435. The molecular formula is C12H17FN4O. The minimum absolute atomic E-state index is 0.0318. The standard InChI is InChI=1S/C12H17FN4O/c13-9-5-15-11(16-6-9)17-10-4-12(18-7-10)2-1-3-14-8-12/h5-6,10,14H,1-4,7-8H2,(H,15,16,17)/t10-,12-/m0/s1. The van der Waals surface area contributed by atoms with Crippen LogP contribution in [0.5, 0.6) is 0 Å². The summed E-state index contributed by atoms with van der Waals surface area (Å²) in [4.78, 5) is 7.81. The van der Waals surface area contributed by atoms with E-state index in [1.807, 2.05) is 0 Å². The van der Waals surface area contributed by atoms with Gasteiger partial charge in [-0.25, -0.2) is 14.4 Å². The van der Waals surface area contributed by atoms with Crippen molar-refractivity contribution in [1.82, 2.24) is 15.3 Å². The first-order chi connectivity index (χ1) is 8.76. The molecule has 0 radical (unpaired) electrons. The Morgan fingerprint density at radius 1 is 1.44 bits per heavy atom. The van der Waals surface area contributed by atoms with E-state index in [1.54, 1.807) is 0 Å². The SMILES string of the molecule is Fc1cnc(N[C@@H]2CO[C@@]3(CCCNC3)C2)nc1. The average Bonchev–Trinajstić information content (AvgIpc) is 2.76. The molecule has 5 nitrogen and oxygen atoms in total. The lowest BCUT2D eigenvalue weighted by molar-refractivity contribution is -0.0138. The second-order valence-electron chi connectivity index (χ2n) is 5.04. The van der Waals surface area contributed by atoms with Crippen LogP contribution < -0.4 is 10.6 Å². The number of halogens is 1. The Morgan fingerprint density at radius 2 is 2.28 bits per heavy atom. The third-order valence-electron chi connectivity index (χ3n) is 3.60. The van der Waals surface area contributed by atoms with E-state index < -0.39 is 5.82 Å². The van der Waals surface area contributed by atoms with E-state index in [1.165, 1.54) is 12.4 Å². The van der Waals surface area contributed by atoms with Crippen LogP contribution in [0.3, 0.4) is 0 Å². The highest BCUT2D eigenvalue weighted by Gasteiger charge is 2.41. The van der Waals surface area contributed by atoms with Crippen molar-refractivity contribution in [2.45, 2.75) is 30.9 Å². The van der Waals surface area contributed by atoms with Gasteiger partial charge in [0.25, 0.3) is 0 Å². The highest BCUT2D eigenvalue weighted by Crippen LogP contribution is 2.32. The maximum atomic E-state index is 12.7. The van der Waals surface area contributed by atoms with Gasteiger partial charge in [0, 0.05) is 13.0 Å². The lowest BCUT2D eigenvalue weighted by Crippen LogP contribution is -2.45. The fourth-order valence-corrected chi connectivity index (χ4v) is 2.74. The number of piperidine rings is 1. The Kier molecular flexibility index (Phi) is 3.13. The fraction of sp³-hybridized carbons (Fsp3) is 0.667. The van der Waals surface area contributed by atoms with E-state index in [0.29, 0.717) is 12.6 Å². The van der Waals surface area contributed by atoms with Gasteiger partial charge in [-0.1, -0.05) is 0 Å². The lowest BCUT2D eigenvalue weighted by Gasteiger charge is -2.32. The summed E-state index contributed by atoms with van der Waals surface area (Å²) in [6, 6.07) is 0.204. The van der Waals surface area contributed by atoms with Gasteiger partial charge in [-0.2, -0.15) is 0 Å². The van der Waals surface area contributed by atoms with Crippen molar-refractivity contribution in [3.05, 3.63) is 18.2 Å². The van der Waals surface area contributed by atoms with Gasteiger partial charge in [-0.3, -0.25) is 0 Å². The van der Waals surface area contributed by atoms with Gasteiger partial charge < -0.3 is 15.4 Å². The smallest absolute Gasteiger partial charge is 0.223 e. The number of anilines is 1. The van der Waals surface area contributed by atoms with Crippen molar-refractivity contribution >= 4 is 5.95 Å². The number of nitrogens with zero attached hydrogens (tertiary/aromatic N) is 2. The van der Waals surface area contributed by atoms with E-state index >= 15 is 0 Å². The van der Waals surface area contributed by atoms with Gasteiger partial charge in [0.05, 0.1) is 30.6 Å². The van der Waals surface area contributed by atoms with Crippen LogP contribution in [0.1, 0.15) is 19.3 Å². The van der Waals surface area contributed by atoms with E-state index in [9.17, 15) is 4.39 Å². The molecule has 2 atom stereocenters. The monoisotopic (exact) mass is 252 g/mol. The molecule has 18 heavy (non-hydrogen) atoms. The number of hydrogen-bond donors (Lipinski definition) is 2. The van der Waals surface area contributed by atoms with E-state index in [2.05, 4.69) is 20.6 Å². The molecule has 98 valence electrons. The molecule has 3 rings (SSSR count). The molecule has 1 spiro atoms. The number of nitrogens with one attached hydrogen (secondary N) is 2. The molecule has 2 aliphatic heterocycles. The van der Waals surface area contributed by atoms with Crippen LogP contribution in [-0.2, 0) is 4.74 Å². The molecule has 1 aromatic rings. The Balaban J connectivity index is 1.60. The van der Waals surface area contributed by atoms with Crippen molar-refractivity contribution in [3.63, 3.8) is 0 Å². The van der Waals surface area contributed by atoms with Gasteiger partial charge >= 0.3 is 0 Å². The molecule has 6 heteroatoms. The molecule has 2 aliphatic rings. The highest BCUT2D eigenvalue weighted by atomic mass is 19.1. The van der Waals surface area contributed by atoms with Gasteiger partial charge in [0.1, 0.15) is 0 Å². The second kappa shape index (κ2) is 4.78. The van der Waals surface area contributed by atoms with Crippen LogP contribution in [0, 0.1) is 5.82 Å². The molecule has 3 heterocycles. The lowest BCUT2D eigenvalue weighted by atomic mass is 9.90. The molecule has 0 bridgehead atoms. The highest BCUT2D eigenvalue weighted by molar-refractivity contribution is 5.25. The van der Waals surface area contributed by atoms with E-state index in [0.717, 1.165) is 32.4 Å². The molecule has 0 aromatic carbocycles. The van der Waals surface area contributed by atoms with E-state index in [-0.39, 0.29) is 11.6 Å². The Bertz CT molecular complexity index is 405.